The van der Waals surface area contributed by atoms with E-state index in [2.05, 4.69) is 4.98 Å². The Morgan fingerprint density at radius 1 is 1.07 bits per heavy atom. The zero-order valence-corrected chi connectivity index (χ0v) is 17.9. The Kier molecular flexibility index (Phi) is 8.62. The lowest BCUT2D eigenvalue weighted by molar-refractivity contribution is 0.0601. The zero-order chi connectivity index (χ0) is 21.2. The minimum atomic E-state index is -0.348. The molecule has 2 aromatic carbocycles. The first-order valence-corrected chi connectivity index (χ1v) is 9.95. The number of aryl methyl sites for hydroxylation is 2. The van der Waals surface area contributed by atoms with Crippen LogP contribution in [0.25, 0.3) is 11.3 Å². The van der Waals surface area contributed by atoms with E-state index in [1.807, 2.05) is 70.2 Å². The standard InChI is InChI=1S/C22H24N2O3.C2H6/c1-15-9-10-18(22(25)26-3)13-19(15)21-16(2)23-20(24-21)11-12-27-14-17-7-5-4-6-8-17;1-2/h4-10,13H,11-12,14H2,1-3H3,(H,23,24);1-2H3. The first-order valence-electron chi connectivity index (χ1n) is 9.95. The van der Waals surface area contributed by atoms with E-state index >= 15 is 0 Å². The quantitative estimate of drug-likeness (QED) is 0.438. The monoisotopic (exact) mass is 394 g/mol. The van der Waals surface area contributed by atoms with Crippen LogP contribution in [0.2, 0.25) is 0 Å². The van der Waals surface area contributed by atoms with Gasteiger partial charge < -0.3 is 14.5 Å². The predicted octanol–water partition coefficient (Wildman–Crippen LogP) is 5.27. The maximum Gasteiger partial charge on any atom is 0.337 e. The molecule has 1 aromatic heterocycles. The molecule has 0 atom stereocenters. The van der Waals surface area contributed by atoms with Gasteiger partial charge in [0.15, 0.2) is 0 Å². The molecule has 0 amide bonds. The number of nitrogens with zero attached hydrogens (tertiary/aromatic N) is 1. The molecule has 0 aliphatic rings. The van der Waals surface area contributed by atoms with Gasteiger partial charge in [0.1, 0.15) is 5.82 Å². The molecule has 0 saturated heterocycles. The van der Waals surface area contributed by atoms with Crippen molar-refractivity contribution < 1.29 is 14.3 Å². The van der Waals surface area contributed by atoms with Gasteiger partial charge in [0.05, 0.1) is 31.6 Å². The SMILES string of the molecule is CC.COC(=O)c1ccc(C)c(-c2nc(CCOCc3ccccc3)[nH]c2C)c1. The van der Waals surface area contributed by atoms with Crippen LogP contribution in [-0.4, -0.2) is 29.7 Å². The van der Waals surface area contributed by atoms with E-state index in [9.17, 15) is 4.79 Å². The number of aromatic nitrogens is 2. The van der Waals surface area contributed by atoms with Crippen LogP contribution in [0.15, 0.2) is 48.5 Å². The number of methoxy groups -OCH3 is 1. The molecule has 1 heterocycles. The van der Waals surface area contributed by atoms with Crippen LogP contribution < -0.4 is 0 Å². The molecule has 1 N–H and O–H groups in total. The van der Waals surface area contributed by atoms with Crippen molar-refractivity contribution in [2.75, 3.05) is 13.7 Å². The van der Waals surface area contributed by atoms with Crippen LogP contribution in [-0.2, 0) is 22.5 Å². The molecule has 3 rings (SSSR count). The van der Waals surface area contributed by atoms with Gasteiger partial charge in [-0.05, 0) is 37.1 Å². The summed E-state index contributed by atoms with van der Waals surface area (Å²) in [5.74, 6) is 0.525. The van der Waals surface area contributed by atoms with E-state index < -0.39 is 0 Å². The molecule has 29 heavy (non-hydrogen) atoms. The molecule has 0 unspecified atom stereocenters. The Labute approximate surface area is 173 Å². The molecule has 0 bridgehead atoms. The van der Waals surface area contributed by atoms with Crippen molar-refractivity contribution in [2.24, 2.45) is 0 Å². The summed E-state index contributed by atoms with van der Waals surface area (Å²) in [7, 11) is 1.38. The van der Waals surface area contributed by atoms with E-state index in [4.69, 9.17) is 14.5 Å². The van der Waals surface area contributed by atoms with Gasteiger partial charge in [0, 0.05) is 17.7 Å². The van der Waals surface area contributed by atoms with E-state index in [0.717, 1.165) is 33.9 Å². The topological polar surface area (TPSA) is 64.2 Å². The average molecular weight is 395 g/mol. The van der Waals surface area contributed by atoms with Gasteiger partial charge >= 0.3 is 5.97 Å². The van der Waals surface area contributed by atoms with Gasteiger partial charge in [-0.15, -0.1) is 0 Å². The van der Waals surface area contributed by atoms with Crippen molar-refractivity contribution in [1.82, 2.24) is 9.97 Å². The normalized spacial score (nSPS) is 10.2. The molecule has 0 radical (unpaired) electrons. The number of esters is 1. The fraction of sp³-hybridized carbons (Fsp3) is 0.333. The Bertz CT molecular complexity index is 917. The number of aromatic amines is 1. The van der Waals surface area contributed by atoms with E-state index in [-0.39, 0.29) is 5.97 Å². The molecule has 154 valence electrons. The highest BCUT2D eigenvalue weighted by Crippen LogP contribution is 2.26. The second-order valence-corrected chi connectivity index (χ2v) is 6.47. The summed E-state index contributed by atoms with van der Waals surface area (Å²) in [4.78, 5) is 19.9. The second-order valence-electron chi connectivity index (χ2n) is 6.47. The summed E-state index contributed by atoms with van der Waals surface area (Å²) in [6.07, 6.45) is 0.698. The van der Waals surface area contributed by atoms with Crippen molar-refractivity contribution in [3.63, 3.8) is 0 Å². The minimum absolute atomic E-state index is 0.348. The van der Waals surface area contributed by atoms with Crippen LogP contribution in [0.1, 0.15) is 46.9 Å². The fourth-order valence-electron chi connectivity index (χ4n) is 2.96. The number of benzene rings is 2. The summed E-state index contributed by atoms with van der Waals surface area (Å²) in [5, 5.41) is 0. The molecule has 0 aliphatic carbocycles. The number of hydrogen-bond donors (Lipinski definition) is 1. The van der Waals surface area contributed by atoms with Gasteiger partial charge in [-0.25, -0.2) is 9.78 Å². The molecular weight excluding hydrogens is 364 g/mol. The number of ether oxygens (including phenoxy) is 2. The molecule has 3 aromatic rings. The highest BCUT2D eigenvalue weighted by atomic mass is 16.5. The maximum absolute atomic E-state index is 11.8. The Hall–Kier alpha value is -2.92. The molecule has 0 fully saturated rings. The van der Waals surface area contributed by atoms with E-state index in [1.54, 1.807) is 6.07 Å². The van der Waals surface area contributed by atoms with Gasteiger partial charge in [-0.3, -0.25) is 0 Å². The molecule has 5 nitrogen and oxygen atoms in total. The largest absolute Gasteiger partial charge is 0.465 e. The summed E-state index contributed by atoms with van der Waals surface area (Å²) >= 11 is 0. The van der Waals surface area contributed by atoms with Crippen LogP contribution in [0.4, 0.5) is 0 Å². The van der Waals surface area contributed by atoms with Gasteiger partial charge in [0.2, 0.25) is 0 Å². The third-order valence-corrected chi connectivity index (χ3v) is 4.44. The minimum Gasteiger partial charge on any atom is -0.465 e. The number of rotatable bonds is 7. The average Bonchev–Trinajstić information content (AvgIpc) is 3.13. The predicted molar refractivity (Wildman–Crippen MR) is 116 cm³/mol. The molecule has 0 spiro atoms. The number of carbonyl (C=O) groups is 1. The van der Waals surface area contributed by atoms with E-state index in [0.29, 0.717) is 25.2 Å². The van der Waals surface area contributed by atoms with Crippen LogP contribution >= 0.6 is 0 Å². The lowest BCUT2D eigenvalue weighted by atomic mass is 10.0. The number of imidazole rings is 1. The van der Waals surface area contributed by atoms with Crippen molar-refractivity contribution in [3.8, 4) is 11.3 Å². The van der Waals surface area contributed by atoms with Crippen LogP contribution in [0.3, 0.4) is 0 Å². The summed E-state index contributed by atoms with van der Waals surface area (Å²) in [6.45, 7) is 9.17. The zero-order valence-electron chi connectivity index (χ0n) is 17.9. The highest BCUT2D eigenvalue weighted by Gasteiger charge is 2.14. The first-order chi connectivity index (χ1) is 14.1. The lowest BCUT2D eigenvalue weighted by Gasteiger charge is -2.07. The van der Waals surface area contributed by atoms with Crippen molar-refractivity contribution >= 4 is 5.97 Å². The molecule has 5 heteroatoms. The lowest BCUT2D eigenvalue weighted by Crippen LogP contribution is -2.02. The van der Waals surface area contributed by atoms with Crippen molar-refractivity contribution in [2.45, 2.75) is 40.7 Å². The van der Waals surface area contributed by atoms with Crippen molar-refractivity contribution in [3.05, 3.63) is 76.7 Å². The number of hydrogen-bond acceptors (Lipinski definition) is 4. The van der Waals surface area contributed by atoms with Crippen LogP contribution in [0.5, 0.6) is 0 Å². The third-order valence-electron chi connectivity index (χ3n) is 4.44. The Morgan fingerprint density at radius 2 is 1.79 bits per heavy atom. The Balaban J connectivity index is 0.00000145. The van der Waals surface area contributed by atoms with Crippen LogP contribution in [0, 0.1) is 13.8 Å². The fourth-order valence-corrected chi connectivity index (χ4v) is 2.96. The van der Waals surface area contributed by atoms with Gasteiger partial charge in [-0.2, -0.15) is 0 Å². The molecule has 0 aliphatic heterocycles. The Morgan fingerprint density at radius 3 is 2.48 bits per heavy atom. The summed E-state index contributed by atoms with van der Waals surface area (Å²) in [6, 6.07) is 15.6. The first kappa shape index (κ1) is 22.4. The molecular formula is C24H30N2O3. The number of carbonyl (C=O) groups excluding carboxylic acids is 1. The maximum atomic E-state index is 11.8. The smallest absolute Gasteiger partial charge is 0.337 e. The summed E-state index contributed by atoms with van der Waals surface area (Å²) < 4.78 is 10.6. The highest BCUT2D eigenvalue weighted by molar-refractivity contribution is 5.91. The second kappa shape index (κ2) is 11.2. The van der Waals surface area contributed by atoms with Crippen molar-refractivity contribution in [1.29, 1.82) is 0 Å². The van der Waals surface area contributed by atoms with E-state index in [1.165, 1.54) is 7.11 Å². The number of nitrogens with one attached hydrogen (secondary N) is 1. The van der Waals surface area contributed by atoms with Gasteiger partial charge in [0.25, 0.3) is 0 Å². The third kappa shape index (κ3) is 6.03. The summed E-state index contributed by atoms with van der Waals surface area (Å²) in [5.41, 5.74) is 5.50. The number of H-pyrrole nitrogens is 1. The van der Waals surface area contributed by atoms with Gasteiger partial charge in [-0.1, -0.05) is 50.2 Å². The molecule has 0 saturated carbocycles.